The first-order chi connectivity index (χ1) is 14.5. The summed E-state index contributed by atoms with van der Waals surface area (Å²) in [6.07, 6.45) is 0.595. The number of nitrogens with two attached hydrogens (primary N) is 1. The summed E-state index contributed by atoms with van der Waals surface area (Å²) in [5, 5.41) is 13.9. The molecule has 0 radical (unpaired) electrons. The predicted octanol–water partition coefficient (Wildman–Crippen LogP) is 4.83. The standard InChI is InChI=1S/C25H23N3O2/c1-3-23(29)27-21-11-7-10-17(15(21)2)18-12-13-19(25(26)30)24-20(18)14-22(28-24)16-8-5-4-6-9-16/h3-14,23,27-29H,1H2,2H3,(H2,26,30). The molecule has 0 aliphatic carbocycles. The normalized spacial score (nSPS) is 11.9. The number of hydrogen-bond donors (Lipinski definition) is 4. The first kappa shape index (κ1) is 19.5. The third kappa shape index (κ3) is 3.47. The Bertz CT molecular complexity index is 1240. The first-order valence-electron chi connectivity index (χ1n) is 9.67. The quantitative estimate of drug-likeness (QED) is 0.277. The zero-order valence-electron chi connectivity index (χ0n) is 16.6. The number of fused-ring (bicyclic) bond motifs is 1. The lowest BCUT2D eigenvalue weighted by Gasteiger charge is -2.16. The van der Waals surface area contributed by atoms with Crippen molar-refractivity contribution in [3.05, 3.63) is 90.5 Å². The van der Waals surface area contributed by atoms with Crippen LogP contribution in [0.5, 0.6) is 0 Å². The van der Waals surface area contributed by atoms with Crippen molar-refractivity contribution in [2.24, 2.45) is 5.73 Å². The van der Waals surface area contributed by atoms with Crippen LogP contribution in [0.1, 0.15) is 15.9 Å². The number of hydrogen-bond acceptors (Lipinski definition) is 3. The minimum absolute atomic E-state index is 0.449. The highest BCUT2D eigenvalue weighted by atomic mass is 16.3. The third-order valence-electron chi connectivity index (χ3n) is 5.29. The molecule has 1 unspecified atom stereocenters. The zero-order chi connectivity index (χ0) is 21.3. The van der Waals surface area contributed by atoms with Crippen LogP contribution in [0.15, 0.2) is 79.4 Å². The fraction of sp³-hybridized carbons (Fsp3) is 0.0800. The molecule has 1 atom stereocenters. The molecule has 150 valence electrons. The molecule has 0 bridgehead atoms. The molecule has 0 saturated carbocycles. The van der Waals surface area contributed by atoms with Crippen molar-refractivity contribution in [2.45, 2.75) is 13.2 Å². The van der Waals surface area contributed by atoms with Crippen LogP contribution in [0.4, 0.5) is 5.69 Å². The van der Waals surface area contributed by atoms with Crippen LogP contribution in [-0.2, 0) is 0 Å². The molecule has 4 rings (SSSR count). The molecule has 1 heterocycles. The number of H-pyrrole nitrogens is 1. The smallest absolute Gasteiger partial charge is 0.250 e. The van der Waals surface area contributed by atoms with Gasteiger partial charge in [-0.2, -0.15) is 0 Å². The highest BCUT2D eigenvalue weighted by Crippen LogP contribution is 2.37. The molecule has 30 heavy (non-hydrogen) atoms. The highest BCUT2D eigenvalue weighted by Gasteiger charge is 2.17. The van der Waals surface area contributed by atoms with Crippen molar-refractivity contribution in [3.63, 3.8) is 0 Å². The van der Waals surface area contributed by atoms with Gasteiger partial charge in [-0.1, -0.05) is 55.1 Å². The van der Waals surface area contributed by atoms with Gasteiger partial charge in [-0.25, -0.2) is 0 Å². The summed E-state index contributed by atoms with van der Waals surface area (Å²) < 4.78 is 0. The van der Waals surface area contributed by atoms with E-state index in [0.29, 0.717) is 11.1 Å². The maximum Gasteiger partial charge on any atom is 0.250 e. The van der Waals surface area contributed by atoms with Crippen molar-refractivity contribution in [1.29, 1.82) is 0 Å². The summed E-state index contributed by atoms with van der Waals surface area (Å²) >= 11 is 0. The number of carbonyl (C=O) groups is 1. The molecule has 5 N–H and O–H groups in total. The number of primary amides is 1. The van der Waals surface area contributed by atoms with E-state index in [2.05, 4.69) is 16.9 Å². The van der Waals surface area contributed by atoms with E-state index in [1.807, 2.05) is 67.6 Å². The average Bonchev–Trinajstić information content (AvgIpc) is 3.20. The average molecular weight is 397 g/mol. The maximum absolute atomic E-state index is 12.0. The Hall–Kier alpha value is -3.83. The lowest BCUT2D eigenvalue weighted by atomic mass is 9.94. The van der Waals surface area contributed by atoms with Gasteiger partial charge >= 0.3 is 0 Å². The van der Waals surface area contributed by atoms with E-state index in [9.17, 15) is 9.90 Å². The van der Waals surface area contributed by atoms with E-state index in [4.69, 9.17) is 5.73 Å². The lowest BCUT2D eigenvalue weighted by Crippen LogP contribution is -2.15. The lowest BCUT2D eigenvalue weighted by molar-refractivity contribution is 0.100. The SMILES string of the molecule is C=CC(O)Nc1cccc(-c2ccc(C(N)=O)c3[nH]c(-c4ccccc4)cc23)c1C. The number of aliphatic hydroxyl groups excluding tert-OH is 1. The molecular weight excluding hydrogens is 374 g/mol. The second-order valence-electron chi connectivity index (χ2n) is 7.17. The number of aliphatic hydroxyl groups is 1. The van der Waals surface area contributed by atoms with Crippen molar-refractivity contribution in [1.82, 2.24) is 4.98 Å². The van der Waals surface area contributed by atoms with E-state index >= 15 is 0 Å². The number of benzene rings is 3. The second kappa shape index (κ2) is 7.89. The topological polar surface area (TPSA) is 91.1 Å². The summed E-state index contributed by atoms with van der Waals surface area (Å²) in [6, 6.07) is 21.5. The van der Waals surface area contributed by atoms with Crippen LogP contribution in [0, 0.1) is 6.92 Å². The molecule has 0 saturated heterocycles. The molecule has 0 fully saturated rings. The fourth-order valence-electron chi connectivity index (χ4n) is 3.73. The van der Waals surface area contributed by atoms with E-state index in [1.54, 1.807) is 6.07 Å². The number of aromatic nitrogens is 1. The molecule has 4 aromatic rings. The number of carbonyl (C=O) groups excluding carboxylic acids is 1. The monoisotopic (exact) mass is 397 g/mol. The van der Waals surface area contributed by atoms with Crippen LogP contribution < -0.4 is 11.1 Å². The van der Waals surface area contributed by atoms with Gasteiger partial charge in [0.1, 0.15) is 6.23 Å². The van der Waals surface area contributed by atoms with Gasteiger partial charge in [0.25, 0.3) is 5.91 Å². The second-order valence-corrected chi connectivity index (χ2v) is 7.17. The minimum Gasteiger partial charge on any atom is -0.370 e. The van der Waals surface area contributed by atoms with Crippen LogP contribution in [-0.4, -0.2) is 22.2 Å². The third-order valence-corrected chi connectivity index (χ3v) is 5.29. The summed E-state index contributed by atoms with van der Waals surface area (Å²) in [5.74, 6) is -0.478. The maximum atomic E-state index is 12.0. The van der Waals surface area contributed by atoms with Gasteiger partial charge < -0.3 is 21.1 Å². The molecule has 5 nitrogen and oxygen atoms in total. The Balaban J connectivity index is 1.93. The number of aromatic amines is 1. The summed E-state index contributed by atoms with van der Waals surface area (Å²) in [6.45, 7) is 5.60. The molecule has 0 aliphatic heterocycles. The number of amides is 1. The van der Waals surface area contributed by atoms with Crippen molar-refractivity contribution < 1.29 is 9.90 Å². The molecule has 5 heteroatoms. The van der Waals surface area contributed by atoms with E-state index in [0.717, 1.165) is 39.0 Å². The molecule has 0 aliphatic rings. The number of anilines is 1. The molecule has 1 amide bonds. The highest BCUT2D eigenvalue weighted by molar-refractivity contribution is 6.10. The Morgan fingerprint density at radius 3 is 2.57 bits per heavy atom. The minimum atomic E-state index is -0.840. The van der Waals surface area contributed by atoms with Crippen molar-refractivity contribution in [3.8, 4) is 22.4 Å². The van der Waals surface area contributed by atoms with Gasteiger partial charge in [0.05, 0.1) is 11.1 Å². The van der Waals surface area contributed by atoms with Crippen LogP contribution in [0.25, 0.3) is 33.3 Å². The Kier molecular flexibility index (Phi) is 5.12. The molecule has 0 spiro atoms. The van der Waals surface area contributed by atoms with Gasteiger partial charge in [-0.3, -0.25) is 4.79 Å². The predicted molar refractivity (Wildman–Crippen MR) is 122 cm³/mol. The first-order valence-corrected chi connectivity index (χ1v) is 9.67. The Morgan fingerprint density at radius 2 is 1.87 bits per heavy atom. The Labute approximate surface area is 174 Å². The van der Waals surface area contributed by atoms with Crippen LogP contribution in [0.2, 0.25) is 0 Å². The van der Waals surface area contributed by atoms with Crippen LogP contribution >= 0.6 is 0 Å². The van der Waals surface area contributed by atoms with Crippen molar-refractivity contribution >= 4 is 22.5 Å². The number of rotatable bonds is 6. The summed E-state index contributed by atoms with van der Waals surface area (Å²) in [5.41, 5.74) is 12.5. The zero-order valence-corrected chi connectivity index (χ0v) is 16.6. The Morgan fingerprint density at radius 1 is 1.10 bits per heavy atom. The molecular formula is C25H23N3O2. The van der Waals surface area contributed by atoms with Gasteiger partial charge in [0, 0.05) is 16.8 Å². The van der Waals surface area contributed by atoms with Gasteiger partial charge in [0.15, 0.2) is 0 Å². The van der Waals surface area contributed by atoms with Crippen molar-refractivity contribution in [2.75, 3.05) is 5.32 Å². The van der Waals surface area contributed by atoms with Gasteiger partial charge in [-0.05, 0) is 53.5 Å². The van der Waals surface area contributed by atoms with E-state index in [-0.39, 0.29) is 0 Å². The molecule has 1 aromatic heterocycles. The van der Waals surface area contributed by atoms with Gasteiger partial charge in [-0.15, -0.1) is 0 Å². The molecule has 3 aromatic carbocycles. The van der Waals surface area contributed by atoms with E-state index in [1.165, 1.54) is 6.08 Å². The van der Waals surface area contributed by atoms with Gasteiger partial charge in [0.2, 0.25) is 0 Å². The fourth-order valence-corrected chi connectivity index (χ4v) is 3.73. The largest absolute Gasteiger partial charge is 0.370 e. The van der Waals surface area contributed by atoms with Crippen LogP contribution in [0.3, 0.4) is 0 Å². The summed E-state index contributed by atoms with van der Waals surface area (Å²) in [4.78, 5) is 15.4. The summed E-state index contributed by atoms with van der Waals surface area (Å²) in [7, 11) is 0. The number of nitrogens with one attached hydrogen (secondary N) is 2. The van der Waals surface area contributed by atoms with E-state index < -0.39 is 12.1 Å².